The molecule has 6 nitrogen and oxygen atoms in total. The number of anilines is 2. The zero-order valence-corrected chi connectivity index (χ0v) is 21.5. The summed E-state index contributed by atoms with van der Waals surface area (Å²) in [7, 11) is 0. The number of para-hydroxylation sites is 2. The fourth-order valence-electron chi connectivity index (χ4n) is 5.39. The molecule has 0 bridgehead atoms. The van der Waals surface area contributed by atoms with E-state index in [2.05, 4.69) is 31.2 Å². The van der Waals surface area contributed by atoms with Crippen molar-refractivity contribution in [3.63, 3.8) is 0 Å². The molecular formula is C31H32N4O2. The summed E-state index contributed by atoms with van der Waals surface area (Å²) >= 11 is 0. The molecule has 188 valence electrons. The van der Waals surface area contributed by atoms with Crippen LogP contribution < -0.4 is 10.0 Å². The quantitative estimate of drug-likeness (QED) is 0.376. The van der Waals surface area contributed by atoms with Gasteiger partial charge in [-0.15, -0.1) is 0 Å². The Labute approximate surface area is 218 Å². The summed E-state index contributed by atoms with van der Waals surface area (Å²) in [5, 5.41) is 12.6. The van der Waals surface area contributed by atoms with Gasteiger partial charge in [-0.2, -0.15) is 10.2 Å². The first-order valence-electron chi connectivity index (χ1n) is 13.1. The highest BCUT2D eigenvalue weighted by atomic mass is 16.2. The third-order valence-electron chi connectivity index (χ3n) is 7.34. The molecule has 6 heteroatoms. The van der Waals surface area contributed by atoms with Crippen LogP contribution in [0.25, 0.3) is 0 Å². The second-order valence-electron chi connectivity index (χ2n) is 9.44. The predicted molar refractivity (Wildman–Crippen MR) is 149 cm³/mol. The van der Waals surface area contributed by atoms with Crippen LogP contribution in [0.1, 0.15) is 50.7 Å². The van der Waals surface area contributed by atoms with E-state index in [1.54, 1.807) is 0 Å². The van der Waals surface area contributed by atoms with Crippen molar-refractivity contribution in [2.75, 3.05) is 10.0 Å². The summed E-state index contributed by atoms with van der Waals surface area (Å²) in [6.45, 7) is 6.16. The third kappa shape index (κ3) is 4.48. The number of hydrogen-bond acceptors (Lipinski definition) is 4. The van der Waals surface area contributed by atoms with Crippen LogP contribution in [0.3, 0.4) is 0 Å². The molecule has 0 saturated carbocycles. The first-order valence-corrected chi connectivity index (χ1v) is 13.1. The van der Waals surface area contributed by atoms with Gasteiger partial charge in [0.15, 0.2) is 0 Å². The Morgan fingerprint density at radius 2 is 1.05 bits per heavy atom. The first kappa shape index (κ1) is 24.6. The molecule has 2 heterocycles. The Hall–Kier alpha value is -4.06. The topological polar surface area (TPSA) is 65.3 Å². The highest BCUT2D eigenvalue weighted by Gasteiger charge is 2.51. The zero-order chi connectivity index (χ0) is 25.9. The maximum atomic E-state index is 14.1. The van der Waals surface area contributed by atoms with E-state index in [4.69, 9.17) is 10.2 Å². The first-order chi connectivity index (χ1) is 18.1. The lowest BCUT2D eigenvalue weighted by molar-refractivity contribution is -0.122. The molecular weight excluding hydrogens is 460 g/mol. The summed E-state index contributed by atoms with van der Waals surface area (Å²) in [6, 6.07) is 27.3. The van der Waals surface area contributed by atoms with Crippen molar-refractivity contribution in [3.05, 3.63) is 96.1 Å². The van der Waals surface area contributed by atoms with Crippen molar-refractivity contribution in [1.29, 1.82) is 0 Å². The zero-order valence-electron chi connectivity index (χ0n) is 21.5. The second-order valence-corrected chi connectivity index (χ2v) is 9.44. The lowest BCUT2D eigenvalue weighted by Gasteiger charge is -2.29. The fourth-order valence-corrected chi connectivity index (χ4v) is 5.39. The van der Waals surface area contributed by atoms with E-state index in [1.807, 2.05) is 74.5 Å². The number of nitrogens with zero attached hydrogens (tertiary/aromatic N) is 4. The Bertz CT molecular complexity index is 1250. The Kier molecular flexibility index (Phi) is 6.99. The maximum Gasteiger partial charge on any atom is 0.256 e. The van der Waals surface area contributed by atoms with Crippen LogP contribution in [-0.4, -0.2) is 23.2 Å². The minimum absolute atomic E-state index is 0.103. The van der Waals surface area contributed by atoms with Crippen molar-refractivity contribution in [2.24, 2.45) is 22.0 Å². The van der Waals surface area contributed by atoms with Gasteiger partial charge in [-0.25, -0.2) is 10.0 Å². The van der Waals surface area contributed by atoms with Crippen LogP contribution in [-0.2, 0) is 16.0 Å². The Morgan fingerprint density at radius 3 is 1.43 bits per heavy atom. The summed E-state index contributed by atoms with van der Waals surface area (Å²) < 4.78 is 0. The molecule has 0 aromatic heterocycles. The van der Waals surface area contributed by atoms with Crippen molar-refractivity contribution in [2.45, 2.75) is 46.0 Å². The molecule has 0 saturated heterocycles. The van der Waals surface area contributed by atoms with E-state index in [0.717, 1.165) is 34.8 Å². The van der Waals surface area contributed by atoms with E-state index in [9.17, 15) is 9.59 Å². The predicted octanol–water partition coefficient (Wildman–Crippen LogP) is 6.19. The van der Waals surface area contributed by atoms with Gasteiger partial charge < -0.3 is 0 Å². The number of carbonyl (C=O) groups excluding carboxylic acids is 2. The number of hydrogen-bond donors (Lipinski definition) is 0. The molecule has 5 rings (SSSR count). The molecule has 0 fully saturated rings. The van der Waals surface area contributed by atoms with Crippen LogP contribution in [0, 0.1) is 11.8 Å². The smallest absolute Gasteiger partial charge is 0.256 e. The van der Waals surface area contributed by atoms with Gasteiger partial charge in [0.2, 0.25) is 0 Å². The lowest BCUT2D eigenvalue weighted by Crippen LogP contribution is -2.40. The summed E-state index contributed by atoms with van der Waals surface area (Å²) in [6.07, 6.45) is 2.15. The molecule has 3 aromatic carbocycles. The minimum atomic E-state index is -0.556. The number of amides is 2. The average Bonchev–Trinajstić information content (AvgIpc) is 3.47. The molecule has 0 radical (unpaired) electrons. The van der Waals surface area contributed by atoms with Gasteiger partial charge in [0.25, 0.3) is 11.8 Å². The Morgan fingerprint density at radius 1 is 0.622 bits per heavy atom. The van der Waals surface area contributed by atoms with Gasteiger partial charge in [0.1, 0.15) is 0 Å². The van der Waals surface area contributed by atoms with E-state index in [0.29, 0.717) is 12.8 Å². The maximum absolute atomic E-state index is 14.1. The van der Waals surface area contributed by atoms with Crippen LogP contribution in [0.15, 0.2) is 95.1 Å². The molecule has 2 aliphatic rings. The van der Waals surface area contributed by atoms with Gasteiger partial charge in [0.05, 0.1) is 34.6 Å². The van der Waals surface area contributed by atoms with E-state index < -0.39 is 17.8 Å². The largest absolute Gasteiger partial charge is 0.272 e. The molecule has 0 aliphatic carbocycles. The van der Waals surface area contributed by atoms with Crippen molar-refractivity contribution in [3.8, 4) is 0 Å². The summed E-state index contributed by atoms with van der Waals surface area (Å²) in [5.41, 5.74) is 5.22. The van der Waals surface area contributed by atoms with Gasteiger partial charge >= 0.3 is 0 Å². The van der Waals surface area contributed by atoms with Crippen molar-refractivity contribution in [1.82, 2.24) is 0 Å². The van der Waals surface area contributed by atoms with E-state index in [-0.39, 0.29) is 11.8 Å². The summed E-state index contributed by atoms with van der Waals surface area (Å²) in [5.74, 6) is -1.73. The number of hydrazone groups is 2. The van der Waals surface area contributed by atoms with Gasteiger partial charge in [-0.3, -0.25) is 9.59 Å². The highest BCUT2D eigenvalue weighted by molar-refractivity contribution is 6.20. The van der Waals surface area contributed by atoms with Crippen LogP contribution >= 0.6 is 0 Å². The van der Waals surface area contributed by atoms with Gasteiger partial charge in [-0.05, 0) is 54.7 Å². The molecule has 2 amide bonds. The SMILES string of the molecule is CCC1=NN(c2ccccc2)C(=O)C1C(c1ccc(CC)cc1)C1C(=O)N(c2ccccc2)N=C1CC. The number of aryl methyl sites for hydroxylation is 1. The van der Waals surface area contributed by atoms with Gasteiger partial charge in [0, 0.05) is 5.92 Å². The standard InChI is InChI=1S/C31H32N4O2/c1-4-21-17-19-22(20-18-21)27(28-25(5-2)32-34(30(28)36)23-13-9-7-10-14-23)29-26(6-3)33-35(31(29)37)24-15-11-8-12-16-24/h7-20,27-29H,4-6H2,1-3H3. The molecule has 0 spiro atoms. The van der Waals surface area contributed by atoms with Crippen LogP contribution in [0.4, 0.5) is 11.4 Å². The number of carbonyl (C=O) groups is 2. The van der Waals surface area contributed by atoms with Crippen molar-refractivity contribution < 1.29 is 9.59 Å². The average molecular weight is 493 g/mol. The lowest BCUT2D eigenvalue weighted by atomic mass is 9.71. The molecule has 2 aliphatic heterocycles. The number of rotatable bonds is 8. The minimum Gasteiger partial charge on any atom is -0.272 e. The van der Waals surface area contributed by atoms with Gasteiger partial charge in [-0.1, -0.05) is 81.4 Å². The molecule has 37 heavy (non-hydrogen) atoms. The van der Waals surface area contributed by atoms with Crippen LogP contribution in [0.2, 0.25) is 0 Å². The molecule has 3 aromatic rings. The third-order valence-corrected chi connectivity index (χ3v) is 7.34. The fraction of sp³-hybridized carbons (Fsp3) is 0.290. The number of benzene rings is 3. The Balaban J connectivity index is 1.61. The molecule has 2 atom stereocenters. The highest BCUT2D eigenvalue weighted by Crippen LogP contribution is 2.43. The normalized spacial score (nSPS) is 20.3. The summed E-state index contributed by atoms with van der Waals surface area (Å²) in [4.78, 5) is 28.1. The van der Waals surface area contributed by atoms with E-state index in [1.165, 1.54) is 15.6 Å². The van der Waals surface area contributed by atoms with Crippen molar-refractivity contribution >= 4 is 34.6 Å². The monoisotopic (exact) mass is 492 g/mol. The molecule has 2 unspecified atom stereocenters. The second kappa shape index (κ2) is 10.5. The molecule has 0 N–H and O–H groups in total. The van der Waals surface area contributed by atoms with Crippen LogP contribution in [0.5, 0.6) is 0 Å². The van der Waals surface area contributed by atoms with E-state index >= 15 is 0 Å².